The molecule has 1 aromatic rings. The molecule has 5 nitrogen and oxygen atoms in total. The van der Waals surface area contributed by atoms with Gasteiger partial charge in [0.05, 0.1) is 25.6 Å². The normalized spacial score (nSPS) is 17.0. The third-order valence-corrected chi connectivity index (χ3v) is 3.89. The summed E-state index contributed by atoms with van der Waals surface area (Å²) < 4.78 is 10.6. The molecular formula is C18H25NO4. The molecule has 2 rings (SSSR count). The Bertz CT molecular complexity index is 497. The van der Waals surface area contributed by atoms with Crippen LogP contribution in [0.1, 0.15) is 31.7 Å². The molecule has 0 spiro atoms. The minimum atomic E-state index is -0.266. The number of ether oxygens (including phenoxy) is 2. The predicted octanol–water partition coefficient (Wildman–Crippen LogP) is 2.19. The van der Waals surface area contributed by atoms with Crippen LogP contribution in [0.4, 0.5) is 0 Å². The zero-order chi connectivity index (χ0) is 16.5. The fourth-order valence-corrected chi connectivity index (χ4v) is 2.69. The van der Waals surface area contributed by atoms with Gasteiger partial charge in [0.2, 0.25) is 5.91 Å². The zero-order valence-electron chi connectivity index (χ0n) is 13.7. The second kappa shape index (κ2) is 9.30. The van der Waals surface area contributed by atoms with Crippen LogP contribution in [0.3, 0.4) is 0 Å². The number of carbonyl (C=O) groups is 2. The van der Waals surface area contributed by atoms with Crippen LogP contribution >= 0.6 is 0 Å². The molecule has 1 aromatic carbocycles. The van der Waals surface area contributed by atoms with Gasteiger partial charge in [-0.15, -0.1) is 0 Å². The minimum absolute atomic E-state index is 0.0241. The van der Waals surface area contributed by atoms with Gasteiger partial charge in [0.15, 0.2) is 0 Å². The van der Waals surface area contributed by atoms with Crippen molar-refractivity contribution in [3.05, 3.63) is 35.9 Å². The zero-order valence-corrected chi connectivity index (χ0v) is 13.7. The van der Waals surface area contributed by atoms with Gasteiger partial charge in [0, 0.05) is 19.7 Å². The monoisotopic (exact) mass is 319 g/mol. The van der Waals surface area contributed by atoms with Crippen molar-refractivity contribution in [2.24, 2.45) is 0 Å². The van der Waals surface area contributed by atoms with Crippen LogP contribution in [0, 0.1) is 0 Å². The standard InChI is InChI=1S/C18H25NO4/c1-2-22-18(21)10-11-19(14-16-9-6-12-23-16)17(20)13-15-7-4-3-5-8-15/h3-5,7-8,16H,2,6,9-14H2,1H3. The van der Waals surface area contributed by atoms with Crippen molar-refractivity contribution >= 4 is 11.9 Å². The minimum Gasteiger partial charge on any atom is -0.466 e. The number of nitrogens with zero attached hydrogens (tertiary/aromatic N) is 1. The van der Waals surface area contributed by atoms with Gasteiger partial charge >= 0.3 is 5.97 Å². The number of amides is 1. The van der Waals surface area contributed by atoms with E-state index in [9.17, 15) is 9.59 Å². The molecule has 1 unspecified atom stereocenters. The van der Waals surface area contributed by atoms with Crippen LogP contribution in [0.15, 0.2) is 30.3 Å². The topological polar surface area (TPSA) is 55.8 Å². The van der Waals surface area contributed by atoms with E-state index >= 15 is 0 Å². The van der Waals surface area contributed by atoms with Gasteiger partial charge in [-0.05, 0) is 25.3 Å². The average molecular weight is 319 g/mol. The maximum atomic E-state index is 12.6. The van der Waals surface area contributed by atoms with Crippen LogP contribution in [0.2, 0.25) is 0 Å². The Morgan fingerprint density at radius 2 is 2.09 bits per heavy atom. The summed E-state index contributed by atoms with van der Waals surface area (Å²) in [5, 5.41) is 0. The lowest BCUT2D eigenvalue weighted by Crippen LogP contribution is -2.39. The Morgan fingerprint density at radius 1 is 1.30 bits per heavy atom. The molecule has 1 saturated heterocycles. The molecule has 1 fully saturated rings. The number of esters is 1. The van der Waals surface area contributed by atoms with Crippen LogP contribution in [0.5, 0.6) is 0 Å². The second-order valence-corrected chi connectivity index (χ2v) is 5.69. The van der Waals surface area contributed by atoms with Crippen molar-refractivity contribution in [1.29, 1.82) is 0 Å². The van der Waals surface area contributed by atoms with Crippen molar-refractivity contribution in [3.63, 3.8) is 0 Å². The van der Waals surface area contributed by atoms with Crippen LogP contribution < -0.4 is 0 Å². The summed E-state index contributed by atoms with van der Waals surface area (Å²) in [6.45, 7) is 3.82. The Labute approximate surface area is 137 Å². The van der Waals surface area contributed by atoms with Crippen molar-refractivity contribution in [2.75, 3.05) is 26.3 Å². The van der Waals surface area contributed by atoms with Crippen LogP contribution in [-0.4, -0.2) is 49.2 Å². The average Bonchev–Trinajstić information content (AvgIpc) is 3.05. The van der Waals surface area contributed by atoms with Gasteiger partial charge in [-0.25, -0.2) is 0 Å². The lowest BCUT2D eigenvalue weighted by molar-refractivity contribution is -0.144. The van der Waals surface area contributed by atoms with Gasteiger partial charge in [0.1, 0.15) is 0 Å². The quantitative estimate of drug-likeness (QED) is 0.689. The molecule has 0 N–H and O–H groups in total. The molecule has 0 saturated carbocycles. The van der Waals surface area contributed by atoms with Gasteiger partial charge in [-0.1, -0.05) is 30.3 Å². The molecule has 1 aliphatic heterocycles. The van der Waals surface area contributed by atoms with Crippen LogP contribution in [-0.2, 0) is 25.5 Å². The molecular weight excluding hydrogens is 294 g/mol. The highest BCUT2D eigenvalue weighted by atomic mass is 16.5. The first-order valence-electron chi connectivity index (χ1n) is 8.28. The number of hydrogen-bond acceptors (Lipinski definition) is 4. The largest absolute Gasteiger partial charge is 0.466 e. The molecule has 1 atom stereocenters. The van der Waals surface area contributed by atoms with E-state index in [1.807, 2.05) is 30.3 Å². The lowest BCUT2D eigenvalue weighted by Gasteiger charge is -2.25. The number of rotatable bonds is 8. The molecule has 0 bridgehead atoms. The molecule has 5 heteroatoms. The van der Waals surface area contributed by atoms with Crippen molar-refractivity contribution < 1.29 is 19.1 Å². The van der Waals surface area contributed by atoms with E-state index in [0.717, 1.165) is 25.0 Å². The fourth-order valence-electron chi connectivity index (χ4n) is 2.69. The lowest BCUT2D eigenvalue weighted by atomic mass is 10.1. The van der Waals surface area contributed by atoms with Gasteiger partial charge < -0.3 is 14.4 Å². The summed E-state index contributed by atoms with van der Waals surface area (Å²) in [5.41, 5.74) is 0.978. The Balaban J connectivity index is 1.93. The smallest absolute Gasteiger partial charge is 0.307 e. The Kier molecular flexibility index (Phi) is 7.07. The van der Waals surface area contributed by atoms with E-state index < -0.39 is 0 Å². The first-order chi connectivity index (χ1) is 11.2. The number of carbonyl (C=O) groups excluding carboxylic acids is 2. The number of benzene rings is 1. The third kappa shape index (κ3) is 6.02. The highest BCUT2D eigenvalue weighted by Crippen LogP contribution is 2.14. The molecule has 0 radical (unpaired) electrons. The highest BCUT2D eigenvalue weighted by molar-refractivity contribution is 5.79. The third-order valence-electron chi connectivity index (χ3n) is 3.89. The van der Waals surface area contributed by atoms with E-state index in [-0.39, 0.29) is 24.4 Å². The van der Waals surface area contributed by atoms with Gasteiger partial charge in [-0.3, -0.25) is 9.59 Å². The molecule has 0 aliphatic carbocycles. The highest BCUT2D eigenvalue weighted by Gasteiger charge is 2.23. The van der Waals surface area contributed by atoms with Crippen molar-refractivity contribution in [3.8, 4) is 0 Å². The summed E-state index contributed by atoms with van der Waals surface area (Å²) in [7, 11) is 0. The van der Waals surface area contributed by atoms with Gasteiger partial charge in [-0.2, -0.15) is 0 Å². The molecule has 1 heterocycles. The van der Waals surface area contributed by atoms with Gasteiger partial charge in [0.25, 0.3) is 0 Å². The fraction of sp³-hybridized carbons (Fsp3) is 0.556. The second-order valence-electron chi connectivity index (χ2n) is 5.69. The first-order valence-corrected chi connectivity index (χ1v) is 8.28. The van der Waals surface area contributed by atoms with E-state index in [0.29, 0.717) is 26.1 Å². The number of hydrogen-bond donors (Lipinski definition) is 0. The SMILES string of the molecule is CCOC(=O)CCN(CC1CCCO1)C(=O)Cc1ccccc1. The maximum absolute atomic E-state index is 12.6. The first kappa shape index (κ1) is 17.5. The van der Waals surface area contributed by atoms with E-state index in [1.165, 1.54) is 0 Å². The maximum Gasteiger partial charge on any atom is 0.307 e. The summed E-state index contributed by atoms with van der Waals surface area (Å²) in [5.74, 6) is -0.242. The van der Waals surface area contributed by atoms with Crippen molar-refractivity contribution in [1.82, 2.24) is 4.90 Å². The summed E-state index contributed by atoms with van der Waals surface area (Å²) in [6.07, 6.45) is 2.65. The van der Waals surface area contributed by atoms with E-state index in [1.54, 1.807) is 11.8 Å². The molecule has 0 aromatic heterocycles. The molecule has 1 amide bonds. The summed E-state index contributed by atoms with van der Waals surface area (Å²) >= 11 is 0. The summed E-state index contributed by atoms with van der Waals surface area (Å²) in [6, 6.07) is 9.65. The summed E-state index contributed by atoms with van der Waals surface area (Å²) in [4.78, 5) is 25.9. The predicted molar refractivity (Wildman–Crippen MR) is 87.0 cm³/mol. The Morgan fingerprint density at radius 3 is 2.74 bits per heavy atom. The van der Waals surface area contributed by atoms with Crippen molar-refractivity contribution in [2.45, 2.75) is 38.7 Å². The molecule has 1 aliphatic rings. The molecule has 23 heavy (non-hydrogen) atoms. The Hall–Kier alpha value is -1.88. The van der Waals surface area contributed by atoms with E-state index in [2.05, 4.69) is 0 Å². The van der Waals surface area contributed by atoms with E-state index in [4.69, 9.17) is 9.47 Å². The molecule has 126 valence electrons. The van der Waals surface area contributed by atoms with Crippen LogP contribution in [0.25, 0.3) is 0 Å².